The van der Waals surface area contributed by atoms with E-state index in [0.717, 1.165) is 25.8 Å². The summed E-state index contributed by atoms with van der Waals surface area (Å²) in [5, 5.41) is 12.5. The molecule has 0 bridgehead atoms. The Morgan fingerprint density at radius 3 is 2.55 bits per heavy atom. The van der Waals surface area contributed by atoms with Crippen LogP contribution in [0.5, 0.6) is 0 Å². The highest BCUT2D eigenvalue weighted by atomic mass is 16.3. The first kappa shape index (κ1) is 15.6. The van der Waals surface area contributed by atoms with Crippen LogP contribution >= 0.6 is 0 Å². The van der Waals surface area contributed by atoms with Crippen molar-refractivity contribution in [2.75, 3.05) is 13.6 Å². The van der Waals surface area contributed by atoms with Gasteiger partial charge < -0.3 is 15.3 Å². The molecule has 2 aliphatic carbocycles. The predicted molar refractivity (Wildman–Crippen MR) is 80.5 cm³/mol. The van der Waals surface area contributed by atoms with Gasteiger partial charge in [0.05, 0.1) is 6.10 Å². The van der Waals surface area contributed by atoms with Crippen molar-refractivity contribution < 1.29 is 9.90 Å². The molecule has 2 amide bonds. The average Bonchev–Trinajstić information content (AvgIpc) is 2.37. The summed E-state index contributed by atoms with van der Waals surface area (Å²) in [6.45, 7) is 5.28. The lowest BCUT2D eigenvalue weighted by Gasteiger charge is -2.38. The van der Waals surface area contributed by atoms with Crippen molar-refractivity contribution in [3.05, 3.63) is 0 Å². The van der Waals surface area contributed by atoms with Crippen LogP contribution in [0.15, 0.2) is 0 Å². The van der Waals surface area contributed by atoms with E-state index in [4.69, 9.17) is 0 Å². The first-order valence-corrected chi connectivity index (χ1v) is 8.17. The molecular weight excluding hydrogens is 252 g/mol. The number of hydrogen-bond donors (Lipinski definition) is 2. The van der Waals surface area contributed by atoms with E-state index in [1.165, 1.54) is 19.3 Å². The fraction of sp³-hybridized carbons (Fsp3) is 0.938. The molecule has 2 fully saturated rings. The van der Waals surface area contributed by atoms with Crippen LogP contribution in [-0.2, 0) is 0 Å². The molecule has 2 rings (SSSR count). The molecule has 0 aromatic rings. The molecule has 0 spiro atoms. The fourth-order valence-corrected chi connectivity index (χ4v) is 3.73. The molecule has 0 heterocycles. The standard InChI is InChI=1S/C16H30N2O2/c1-11(2)14-6-4-5-7-15(14)17-16(20)18(3)10-12-8-13(19)9-12/h11-15,19H,4-10H2,1-3H3,(H,17,20)/t12?,13?,14-,15+/m1/s1. The third-order valence-electron chi connectivity index (χ3n) is 5.07. The Labute approximate surface area is 122 Å². The van der Waals surface area contributed by atoms with E-state index in [-0.39, 0.29) is 12.1 Å². The summed E-state index contributed by atoms with van der Waals surface area (Å²) in [6.07, 6.45) is 6.43. The van der Waals surface area contributed by atoms with Gasteiger partial charge in [0.15, 0.2) is 0 Å². The molecule has 2 saturated carbocycles. The molecule has 2 atom stereocenters. The Bertz CT molecular complexity index is 326. The van der Waals surface area contributed by atoms with E-state index >= 15 is 0 Å². The lowest BCUT2D eigenvalue weighted by atomic mass is 9.78. The summed E-state index contributed by atoms with van der Waals surface area (Å²) in [5.74, 6) is 1.73. The van der Waals surface area contributed by atoms with Crippen LogP contribution in [0, 0.1) is 17.8 Å². The summed E-state index contributed by atoms with van der Waals surface area (Å²) >= 11 is 0. The second-order valence-electron chi connectivity index (χ2n) is 7.12. The predicted octanol–water partition coefficient (Wildman–Crippen LogP) is 2.61. The molecule has 4 heteroatoms. The Hall–Kier alpha value is -0.770. The number of carbonyl (C=O) groups excluding carboxylic acids is 1. The van der Waals surface area contributed by atoms with Crippen LogP contribution < -0.4 is 5.32 Å². The van der Waals surface area contributed by atoms with Gasteiger partial charge in [-0.1, -0.05) is 26.7 Å². The highest BCUT2D eigenvalue weighted by molar-refractivity contribution is 5.74. The van der Waals surface area contributed by atoms with Crippen molar-refractivity contribution in [3.8, 4) is 0 Å². The molecule has 0 unspecified atom stereocenters. The Morgan fingerprint density at radius 2 is 1.95 bits per heavy atom. The molecule has 116 valence electrons. The van der Waals surface area contributed by atoms with Crippen molar-refractivity contribution in [3.63, 3.8) is 0 Å². The third-order valence-corrected chi connectivity index (χ3v) is 5.07. The minimum absolute atomic E-state index is 0.0592. The van der Waals surface area contributed by atoms with Crippen LogP contribution in [0.1, 0.15) is 52.4 Å². The van der Waals surface area contributed by atoms with Gasteiger partial charge in [0.25, 0.3) is 0 Å². The zero-order valence-electron chi connectivity index (χ0n) is 13.1. The van der Waals surface area contributed by atoms with Gasteiger partial charge in [0.1, 0.15) is 0 Å². The minimum Gasteiger partial charge on any atom is -0.393 e. The van der Waals surface area contributed by atoms with Gasteiger partial charge in [0, 0.05) is 19.6 Å². The van der Waals surface area contributed by atoms with E-state index < -0.39 is 0 Å². The topological polar surface area (TPSA) is 52.6 Å². The van der Waals surface area contributed by atoms with Crippen molar-refractivity contribution >= 4 is 6.03 Å². The van der Waals surface area contributed by atoms with Crippen LogP contribution in [0.2, 0.25) is 0 Å². The van der Waals surface area contributed by atoms with E-state index in [1.807, 2.05) is 7.05 Å². The van der Waals surface area contributed by atoms with Gasteiger partial charge in [-0.3, -0.25) is 0 Å². The average molecular weight is 282 g/mol. The normalized spacial score (nSPS) is 33.6. The quantitative estimate of drug-likeness (QED) is 0.833. The molecular formula is C16H30N2O2. The molecule has 0 aromatic carbocycles. The van der Waals surface area contributed by atoms with Gasteiger partial charge in [-0.15, -0.1) is 0 Å². The monoisotopic (exact) mass is 282 g/mol. The second kappa shape index (κ2) is 6.79. The van der Waals surface area contributed by atoms with Gasteiger partial charge >= 0.3 is 6.03 Å². The fourth-order valence-electron chi connectivity index (χ4n) is 3.73. The van der Waals surface area contributed by atoms with Crippen molar-refractivity contribution in [2.24, 2.45) is 17.8 Å². The molecule has 4 nitrogen and oxygen atoms in total. The first-order chi connectivity index (χ1) is 9.47. The summed E-state index contributed by atoms with van der Waals surface area (Å²) < 4.78 is 0. The van der Waals surface area contributed by atoms with Crippen molar-refractivity contribution in [1.82, 2.24) is 10.2 Å². The number of rotatable bonds is 4. The number of nitrogens with zero attached hydrogens (tertiary/aromatic N) is 1. The lowest BCUT2D eigenvalue weighted by Crippen LogP contribution is -2.50. The van der Waals surface area contributed by atoms with E-state index in [2.05, 4.69) is 19.2 Å². The van der Waals surface area contributed by atoms with Crippen LogP contribution in [0.3, 0.4) is 0 Å². The maximum Gasteiger partial charge on any atom is 0.317 e. The van der Waals surface area contributed by atoms with Crippen LogP contribution in [-0.4, -0.2) is 41.8 Å². The van der Waals surface area contributed by atoms with E-state index in [1.54, 1.807) is 4.90 Å². The molecule has 0 saturated heterocycles. The van der Waals surface area contributed by atoms with Gasteiger partial charge in [-0.25, -0.2) is 4.79 Å². The number of urea groups is 1. The lowest BCUT2D eigenvalue weighted by molar-refractivity contribution is 0.0320. The number of nitrogens with one attached hydrogen (secondary N) is 1. The molecule has 2 N–H and O–H groups in total. The summed E-state index contributed by atoms with van der Waals surface area (Å²) in [4.78, 5) is 14.1. The van der Waals surface area contributed by atoms with Crippen LogP contribution in [0.4, 0.5) is 4.79 Å². The summed E-state index contributed by atoms with van der Waals surface area (Å²) in [5.41, 5.74) is 0. The Morgan fingerprint density at radius 1 is 1.30 bits per heavy atom. The molecule has 0 radical (unpaired) electrons. The van der Waals surface area contributed by atoms with Crippen molar-refractivity contribution in [1.29, 1.82) is 0 Å². The Balaban J connectivity index is 1.79. The smallest absolute Gasteiger partial charge is 0.317 e. The molecule has 2 aliphatic rings. The number of amides is 2. The summed E-state index contributed by atoms with van der Waals surface area (Å²) in [7, 11) is 1.87. The largest absolute Gasteiger partial charge is 0.393 e. The van der Waals surface area contributed by atoms with Crippen LogP contribution in [0.25, 0.3) is 0 Å². The Kier molecular flexibility index (Phi) is 5.30. The molecule has 20 heavy (non-hydrogen) atoms. The van der Waals surface area contributed by atoms with Gasteiger partial charge in [-0.05, 0) is 43.4 Å². The number of carbonyl (C=O) groups is 1. The number of aliphatic hydroxyl groups excluding tert-OH is 1. The SMILES string of the molecule is CC(C)[C@H]1CCCC[C@@H]1NC(=O)N(C)CC1CC(O)C1. The number of hydrogen-bond acceptors (Lipinski definition) is 2. The molecule has 0 aliphatic heterocycles. The summed E-state index contributed by atoms with van der Waals surface area (Å²) in [6, 6.07) is 0.398. The first-order valence-electron chi connectivity index (χ1n) is 8.17. The second-order valence-corrected chi connectivity index (χ2v) is 7.12. The maximum atomic E-state index is 12.3. The third kappa shape index (κ3) is 3.87. The van der Waals surface area contributed by atoms with Gasteiger partial charge in [-0.2, -0.15) is 0 Å². The number of aliphatic hydroxyl groups is 1. The van der Waals surface area contributed by atoms with E-state index in [9.17, 15) is 9.90 Å². The van der Waals surface area contributed by atoms with E-state index in [0.29, 0.717) is 23.8 Å². The van der Waals surface area contributed by atoms with Gasteiger partial charge in [0.2, 0.25) is 0 Å². The molecule has 0 aromatic heterocycles. The highest BCUT2D eigenvalue weighted by Crippen LogP contribution is 2.31. The highest BCUT2D eigenvalue weighted by Gasteiger charge is 2.32. The zero-order chi connectivity index (χ0) is 14.7. The maximum absolute atomic E-state index is 12.3. The zero-order valence-corrected chi connectivity index (χ0v) is 13.1. The minimum atomic E-state index is -0.139. The van der Waals surface area contributed by atoms with Crippen molar-refractivity contribution in [2.45, 2.75) is 64.5 Å².